The van der Waals surface area contributed by atoms with E-state index >= 15 is 0 Å². The van der Waals surface area contributed by atoms with E-state index in [0.29, 0.717) is 13.1 Å². The van der Waals surface area contributed by atoms with E-state index in [-0.39, 0.29) is 0 Å². The van der Waals surface area contributed by atoms with Crippen LogP contribution in [0, 0.1) is 0 Å². The molecule has 0 bridgehead atoms. The number of anilines is 1. The number of nitrogens with zero attached hydrogens (tertiary/aromatic N) is 1. The Morgan fingerprint density at radius 3 is 2.36 bits per heavy atom. The fourth-order valence-electron chi connectivity index (χ4n) is 2.41. The molecule has 2 atom stereocenters. The third kappa shape index (κ3) is 4.48. The van der Waals surface area contributed by atoms with Gasteiger partial charge in [0.2, 0.25) is 0 Å². The maximum Gasteiger partial charge on any atom is 0.119 e. The molecule has 0 aliphatic rings. The molecule has 0 heterocycles. The van der Waals surface area contributed by atoms with Crippen LogP contribution in [0.2, 0.25) is 0 Å². The number of hydrogen-bond acceptors (Lipinski definition) is 4. The molecule has 2 N–H and O–H groups in total. The molecule has 118 valence electrons. The molecule has 0 fully saturated rings. The zero-order valence-electron chi connectivity index (χ0n) is 13.0. The highest BCUT2D eigenvalue weighted by atomic mass is 16.5. The summed E-state index contributed by atoms with van der Waals surface area (Å²) >= 11 is 0. The molecule has 4 heteroatoms. The molecule has 0 unspecified atom stereocenters. The fraction of sp³-hybridized carbons (Fsp3) is 0.333. The number of benzene rings is 2. The molecule has 2 rings (SSSR count). The topological polar surface area (TPSA) is 52.9 Å². The largest absolute Gasteiger partial charge is 0.497 e. The highest BCUT2D eigenvalue weighted by Gasteiger charge is 2.16. The Morgan fingerprint density at radius 2 is 1.73 bits per heavy atom. The average Bonchev–Trinajstić information content (AvgIpc) is 2.54. The van der Waals surface area contributed by atoms with Gasteiger partial charge < -0.3 is 19.8 Å². The van der Waals surface area contributed by atoms with E-state index < -0.39 is 12.2 Å². The minimum Gasteiger partial charge on any atom is -0.497 e. The van der Waals surface area contributed by atoms with Gasteiger partial charge >= 0.3 is 0 Å². The molecule has 0 saturated heterocycles. The van der Waals surface area contributed by atoms with Gasteiger partial charge in [-0.3, -0.25) is 0 Å². The first kappa shape index (κ1) is 16.3. The Bertz CT molecular complexity index is 572. The van der Waals surface area contributed by atoms with Crippen molar-refractivity contribution in [1.82, 2.24) is 0 Å². The van der Waals surface area contributed by atoms with Crippen LogP contribution in [0.15, 0.2) is 54.6 Å². The van der Waals surface area contributed by atoms with Crippen LogP contribution >= 0.6 is 0 Å². The molecule has 0 spiro atoms. The molecule has 4 nitrogen and oxygen atoms in total. The summed E-state index contributed by atoms with van der Waals surface area (Å²) in [5.41, 5.74) is 1.77. The third-order valence-corrected chi connectivity index (χ3v) is 3.48. The Labute approximate surface area is 131 Å². The molecular weight excluding hydrogens is 278 g/mol. The molecule has 2 aromatic rings. The summed E-state index contributed by atoms with van der Waals surface area (Å²) in [5, 5.41) is 20.2. The van der Waals surface area contributed by atoms with Gasteiger partial charge in [0.15, 0.2) is 0 Å². The quantitative estimate of drug-likeness (QED) is 0.825. The molecule has 2 aromatic carbocycles. The predicted molar refractivity (Wildman–Crippen MR) is 88.3 cm³/mol. The lowest BCUT2D eigenvalue weighted by Gasteiger charge is -2.28. The van der Waals surface area contributed by atoms with E-state index in [9.17, 15) is 10.2 Å². The highest BCUT2D eigenvalue weighted by Crippen LogP contribution is 2.22. The number of methoxy groups -OCH3 is 1. The lowest BCUT2D eigenvalue weighted by Crippen LogP contribution is -2.34. The number of rotatable bonds is 7. The number of hydrogen-bond donors (Lipinski definition) is 2. The molecule has 0 saturated carbocycles. The Balaban J connectivity index is 2.15. The van der Waals surface area contributed by atoms with Gasteiger partial charge in [0.1, 0.15) is 5.75 Å². The van der Waals surface area contributed by atoms with Crippen LogP contribution in [0.1, 0.15) is 18.6 Å². The van der Waals surface area contributed by atoms with E-state index in [1.807, 2.05) is 59.5 Å². The van der Waals surface area contributed by atoms with Gasteiger partial charge in [0.25, 0.3) is 0 Å². The standard InChI is InChI=1S/C18H23NO3/c1-14(20)12-19(16-8-4-3-5-9-16)13-18(21)15-7-6-10-17(11-15)22-2/h3-11,14,18,20-21H,12-13H2,1-2H3/t14-,18-/m0/s1. The Hall–Kier alpha value is -2.04. The third-order valence-electron chi connectivity index (χ3n) is 3.48. The molecule has 0 aliphatic heterocycles. The maximum atomic E-state index is 10.5. The minimum atomic E-state index is -0.658. The summed E-state index contributed by atoms with van der Waals surface area (Å²) in [4.78, 5) is 1.98. The number of aliphatic hydroxyl groups excluding tert-OH is 2. The minimum absolute atomic E-state index is 0.405. The highest BCUT2D eigenvalue weighted by molar-refractivity contribution is 5.46. The molecule has 0 amide bonds. The van der Waals surface area contributed by atoms with Crippen molar-refractivity contribution in [1.29, 1.82) is 0 Å². The first-order chi connectivity index (χ1) is 10.6. The first-order valence-electron chi connectivity index (χ1n) is 7.40. The van der Waals surface area contributed by atoms with E-state index in [4.69, 9.17) is 4.74 Å². The van der Waals surface area contributed by atoms with Crippen molar-refractivity contribution in [3.05, 3.63) is 60.2 Å². The van der Waals surface area contributed by atoms with Gasteiger partial charge in [-0.05, 0) is 36.8 Å². The van der Waals surface area contributed by atoms with Crippen LogP contribution in [0.3, 0.4) is 0 Å². The number of aliphatic hydroxyl groups is 2. The SMILES string of the molecule is COc1cccc([C@@H](O)CN(C[C@H](C)O)c2ccccc2)c1. The zero-order valence-corrected chi connectivity index (χ0v) is 13.0. The molecule has 22 heavy (non-hydrogen) atoms. The fourth-order valence-corrected chi connectivity index (χ4v) is 2.41. The van der Waals surface area contributed by atoms with E-state index in [0.717, 1.165) is 17.0 Å². The van der Waals surface area contributed by atoms with Gasteiger partial charge in [-0.1, -0.05) is 30.3 Å². The van der Waals surface area contributed by atoms with Crippen molar-refractivity contribution in [3.8, 4) is 5.75 Å². The van der Waals surface area contributed by atoms with E-state index in [1.54, 1.807) is 14.0 Å². The van der Waals surface area contributed by atoms with Crippen LogP contribution in [0.4, 0.5) is 5.69 Å². The lowest BCUT2D eigenvalue weighted by atomic mass is 10.1. The number of para-hydroxylation sites is 1. The summed E-state index contributed by atoms with van der Waals surface area (Å²) in [6, 6.07) is 17.2. The first-order valence-corrected chi connectivity index (χ1v) is 7.40. The monoisotopic (exact) mass is 301 g/mol. The van der Waals surface area contributed by atoms with Crippen molar-refractivity contribution in [2.24, 2.45) is 0 Å². The lowest BCUT2D eigenvalue weighted by molar-refractivity contribution is 0.168. The Kier molecular flexibility index (Phi) is 5.81. The summed E-state index contributed by atoms with van der Waals surface area (Å²) in [5.74, 6) is 0.721. The van der Waals surface area contributed by atoms with Gasteiger partial charge in [-0.2, -0.15) is 0 Å². The molecule has 0 radical (unpaired) electrons. The van der Waals surface area contributed by atoms with Gasteiger partial charge in [-0.25, -0.2) is 0 Å². The summed E-state index contributed by atoms with van der Waals surface area (Å²) in [6.07, 6.45) is -1.13. The molecule has 0 aliphatic carbocycles. The zero-order chi connectivity index (χ0) is 15.9. The predicted octanol–water partition coefficient (Wildman–Crippen LogP) is 2.62. The summed E-state index contributed by atoms with van der Waals surface area (Å²) < 4.78 is 5.19. The second kappa shape index (κ2) is 7.82. The van der Waals surface area contributed by atoms with Crippen LogP contribution in [-0.2, 0) is 0 Å². The van der Waals surface area contributed by atoms with E-state index in [2.05, 4.69) is 0 Å². The van der Waals surface area contributed by atoms with Crippen LogP contribution in [0.25, 0.3) is 0 Å². The average molecular weight is 301 g/mol. The second-order valence-corrected chi connectivity index (χ2v) is 5.38. The van der Waals surface area contributed by atoms with Gasteiger partial charge in [0.05, 0.1) is 19.3 Å². The molecular formula is C18H23NO3. The van der Waals surface area contributed by atoms with Gasteiger partial charge in [0, 0.05) is 18.8 Å². The summed E-state index contributed by atoms with van der Waals surface area (Å²) in [6.45, 7) is 2.61. The smallest absolute Gasteiger partial charge is 0.119 e. The second-order valence-electron chi connectivity index (χ2n) is 5.38. The van der Waals surface area contributed by atoms with Crippen LogP contribution in [0.5, 0.6) is 5.75 Å². The van der Waals surface area contributed by atoms with Crippen molar-refractivity contribution in [3.63, 3.8) is 0 Å². The van der Waals surface area contributed by atoms with Crippen molar-refractivity contribution < 1.29 is 14.9 Å². The number of ether oxygens (including phenoxy) is 1. The van der Waals surface area contributed by atoms with Crippen LogP contribution in [-0.4, -0.2) is 36.5 Å². The maximum absolute atomic E-state index is 10.5. The normalized spacial score (nSPS) is 13.5. The van der Waals surface area contributed by atoms with Crippen molar-refractivity contribution >= 4 is 5.69 Å². The van der Waals surface area contributed by atoms with Crippen molar-refractivity contribution in [2.45, 2.75) is 19.1 Å². The van der Waals surface area contributed by atoms with Gasteiger partial charge in [-0.15, -0.1) is 0 Å². The summed E-state index contributed by atoms with van der Waals surface area (Å²) in [7, 11) is 1.61. The van der Waals surface area contributed by atoms with Crippen LogP contribution < -0.4 is 9.64 Å². The molecule has 0 aromatic heterocycles. The van der Waals surface area contributed by atoms with E-state index in [1.165, 1.54) is 0 Å². The van der Waals surface area contributed by atoms with Crippen molar-refractivity contribution in [2.75, 3.05) is 25.1 Å². The Morgan fingerprint density at radius 1 is 1.00 bits per heavy atom.